The van der Waals surface area contributed by atoms with E-state index < -0.39 is 0 Å². The van der Waals surface area contributed by atoms with Crippen molar-refractivity contribution in [1.29, 1.82) is 0 Å². The van der Waals surface area contributed by atoms with Crippen LogP contribution in [-0.2, 0) is 0 Å². The van der Waals surface area contributed by atoms with Gasteiger partial charge in [0.05, 0.1) is 0 Å². The zero-order valence-corrected chi connectivity index (χ0v) is 17.4. The van der Waals surface area contributed by atoms with Gasteiger partial charge in [-0.2, -0.15) is 0 Å². The maximum absolute atomic E-state index is 4.43. The molecule has 0 bridgehead atoms. The van der Waals surface area contributed by atoms with Crippen LogP contribution in [0.3, 0.4) is 0 Å². The Kier molecular flexibility index (Phi) is 12.7. The summed E-state index contributed by atoms with van der Waals surface area (Å²) in [5.74, 6) is 3.32. The third-order valence-corrected chi connectivity index (χ3v) is 5.26. The molecule has 0 aliphatic rings. The first-order chi connectivity index (χ1) is 11.4. The van der Waals surface area contributed by atoms with Gasteiger partial charge < -0.3 is 0 Å². The molecule has 0 aliphatic carbocycles. The predicted molar refractivity (Wildman–Crippen MR) is 112 cm³/mol. The van der Waals surface area contributed by atoms with E-state index in [0.29, 0.717) is 17.8 Å². The van der Waals surface area contributed by atoms with Gasteiger partial charge in [0.15, 0.2) is 0 Å². The molecule has 0 saturated carbocycles. The van der Waals surface area contributed by atoms with Crippen LogP contribution in [0.5, 0.6) is 0 Å². The molecule has 0 spiro atoms. The van der Waals surface area contributed by atoms with E-state index in [1.807, 2.05) is 0 Å². The summed E-state index contributed by atoms with van der Waals surface area (Å²) >= 11 is 0. The van der Waals surface area contributed by atoms with Gasteiger partial charge >= 0.3 is 0 Å². The molecule has 0 rings (SSSR count). The highest BCUT2D eigenvalue weighted by atomic mass is 14.2. The molecule has 138 valence electrons. The Morgan fingerprint density at radius 2 is 1.54 bits per heavy atom. The van der Waals surface area contributed by atoms with Gasteiger partial charge in [-0.05, 0) is 49.4 Å². The molecule has 4 atom stereocenters. The van der Waals surface area contributed by atoms with Crippen LogP contribution in [0.25, 0.3) is 0 Å². The maximum Gasteiger partial charge on any atom is -0.00247 e. The molecule has 0 amide bonds. The van der Waals surface area contributed by atoms with Crippen molar-refractivity contribution < 1.29 is 0 Å². The minimum Gasteiger partial charge on any atom is -0.0993 e. The zero-order chi connectivity index (χ0) is 18.5. The third kappa shape index (κ3) is 9.30. The second-order valence-electron chi connectivity index (χ2n) is 7.79. The minimum absolute atomic E-state index is 0.520. The SMILES string of the molecule is C=C(CC=CC(C=CC=CC)C(C)CC)C(CC(C)C)C(C)CC. The van der Waals surface area contributed by atoms with Crippen molar-refractivity contribution >= 4 is 0 Å². The topological polar surface area (TPSA) is 0 Å². The van der Waals surface area contributed by atoms with Gasteiger partial charge in [-0.3, -0.25) is 0 Å². The standard InChI is InChI=1S/C24H42/c1-9-12-13-16-23(20(6)10-2)17-14-15-22(8)24(18-19(4)5)21(7)11-3/h9,12-14,16-17,19-21,23-24H,8,10-11,15,18H2,1-7H3. The summed E-state index contributed by atoms with van der Waals surface area (Å²) in [4.78, 5) is 0. The summed E-state index contributed by atoms with van der Waals surface area (Å²) in [6, 6.07) is 0. The van der Waals surface area contributed by atoms with Crippen LogP contribution in [0.2, 0.25) is 0 Å². The summed E-state index contributed by atoms with van der Waals surface area (Å²) in [6.07, 6.45) is 18.2. The van der Waals surface area contributed by atoms with Gasteiger partial charge in [0.2, 0.25) is 0 Å². The smallest absolute Gasteiger partial charge is 0.00247 e. The van der Waals surface area contributed by atoms with Crippen LogP contribution < -0.4 is 0 Å². The lowest BCUT2D eigenvalue weighted by molar-refractivity contribution is 0.332. The van der Waals surface area contributed by atoms with Crippen LogP contribution in [0.4, 0.5) is 0 Å². The molecule has 0 saturated heterocycles. The summed E-state index contributed by atoms with van der Waals surface area (Å²) in [5.41, 5.74) is 1.41. The Morgan fingerprint density at radius 1 is 0.917 bits per heavy atom. The molecule has 0 heterocycles. The molecule has 0 aliphatic heterocycles. The van der Waals surface area contributed by atoms with Gasteiger partial charge in [-0.15, -0.1) is 0 Å². The highest BCUT2D eigenvalue weighted by Crippen LogP contribution is 2.31. The summed E-state index contributed by atoms with van der Waals surface area (Å²) < 4.78 is 0. The number of allylic oxidation sites excluding steroid dienone is 7. The highest BCUT2D eigenvalue weighted by Gasteiger charge is 2.19. The van der Waals surface area contributed by atoms with Crippen molar-refractivity contribution in [3.8, 4) is 0 Å². The second-order valence-corrected chi connectivity index (χ2v) is 7.79. The van der Waals surface area contributed by atoms with Crippen LogP contribution in [0.1, 0.15) is 74.1 Å². The van der Waals surface area contributed by atoms with Crippen molar-refractivity contribution in [3.05, 3.63) is 48.6 Å². The van der Waals surface area contributed by atoms with Crippen molar-refractivity contribution in [2.75, 3.05) is 0 Å². The minimum atomic E-state index is 0.520. The van der Waals surface area contributed by atoms with E-state index in [0.717, 1.165) is 18.3 Å². The van der Waals surface area contributed by atoms with Gasteiger partial charge in [0.1, 0.15) is 0 Å². The number of rotatable bonds is 12. The molecule has 24 heavy (non-hydrogen) atoms. The van der Waals surface area contributed by atoms with Gasteiger partial charge in [-0.25, -0.2) is 0 Å². The normalized spacial score (nSPS) is 17.8. The number of hydrogen-bond acceptors (Lipinski definition) is 0. The average molecular weight is 331 g/mol. The molecule has 0 radical (unpaired) electrons. The molecule has 0 aromatic rings. The van der Waals surface area contributed by atoms with Gasteiger partial charge in [0, 0.05) is 0 Å². The van der Waals surface area contributed by atoms with Crippen LogP contribution in [-0.4, -0.2) is 0 Å². The monoisotopic (exact) mass is 330 g/mol. The van der Waals surface area contributed by atoms with Crippen LogP contribution in [0, 0.1) is 29.6 Å². The fourth-order valence-electron chi connectivity index (χ4n) is 3.14. The molecule has 0 nitrogen and oxygen atoms in total. The molecular weight excluding hydrogens is 288 g/mol. The molecule has 0 aromatic carbocycles. The van der Waals surface area contributed by atoms with Crippen LogP contribution >= 0.6 is 0 Å². The Morgan fingerprint density at radius 3 is 2.04 bits per heavy atom. The van der Waals surface area contributed by atoms with Crippen molar-refractivity contribution in [1.82, 2.24) is 0 Å². The van der Waals surface area contributed by atoms with Crippen molar-refractivity contribution in [2.45, 2.75) is 74.1 Å². The zero-order valence-electron chi connectivity index (χ0n) is 17.4. The number of hydrogen-bond donors (Lipinski definition) is 0. The molecule has 0 N–H and O–H groups in total. The van der Waals surface area contributed by atoms with Crippen LogP contribution in [0.15, 0.2) is 48.6 Å². The first kappa shape index (κ1) is 23.0. The largest absolute Gasteiger partial charge is 0.0993 e. The fourth-order valence-corrected chi connectivity index (χ4v) is 3.14. The van der Waals surface area contributed by atoms with E-state index in [2.05, 4.69) is 91.5 Å². The van der Waals surface area contributed by atoms with E-state index in [9.17, 15) is 0 Å². The summed E-state index contributed by atoms with van der Waals surface area (Å²) in [5, 5.41) is 0. The van der Waals surface area contributed by atoms with E-state index in [1.165, 1.54) is 24.8 Å². The predicted octanol–water partition coefficient (Wildman–Crippen LogP) is 7.99. The summed E-state index contributed by atoms with van der Waals surface area (Å²) in [6.45, 7) is 20.4. The maximum atomic E-state index is 4.43. The van der Waals surface area contributed by atoms with Gasteiger partial charge in [0.25, 0.3) is 0 Å². The quantitative estimate of drug-likeness (QED) is 0.251. The lowest BCUT2D eigenvalue weighted by atomic mass is 9.79. The lowest BCUT2D eigenvalue weighted by Crippen LogP contribution is -2.15. The fraction of sp³-hybridized carbons (Fsp3) is 0.667. The van der Waals surface area contributed by atoms with Crippen molar-refractivity contribution in [2.24, 2.45) is 29.6 Å². The first-order valence-electron chi connectivity index (χ1n) is 10.0. The Bertz CT molecular complexity index is 408. The second kappa shape index (κ2) is 13.3. The first-order valence-corrected chi connectivity index (χ1v) is 10.0. The van der Waals surface area contributed by atoms with Crippen molar-refractivity contribution in [3.63, 3.8) is 0 Å². The Hall–Kier alpha value is -1.04. The lowest BCUT2D eigenvalue weighted by Gasteiger charge is -2.26. The Balaban J connectivity index is 4.88. The van der Waals surface area contributed by atoms with Gasteiger partial charge in [-0.1, -0.05) is 103 Å². The van der Waals surface area contributed by atoms with E-state index in [-0.39, 0.29) is 0 Å². The highest BCUT2D eigenvalue weighted by molar-refractivity contribution is 5.13. The Labute approximate surface area is 152 Å². The average Bonchev–Trinajstić information content (AvgIpc) is 2.56. The summed E-state index contributed by atoms with van der Waals surface area (Å²) in [7, 11) is 0. The van der Waals surface area contributed by atoms with E-state index in [4.69, 9.17) is 0 Å². The molecule has 0 heteroatoms. The van der Waals surface area contributed by atoms with E-state index >= 15 is 0 Å². The third-order valence-electron chi connectivity index (χ3n) is 5.26. The van der Waals surface area contributed by atoms with E-state index in [1.54, 1.807) is 0 Å². The molecule has 4 unspecified atom stereocenters. The molecule has 0 aromatic heterocycles. The molecular formula is C24H42. The molecule has 0 fully saturated rings.